The highest BCUT2D eigenvalue weighted by Crippen LogP contribution is 2.17. The molecule has 1 rings (SSSR count). The van der Waals surface area contributed by atoms with Crippen LogP contribution >= 0.6 is 22.6 Å². The third-order valence-electron chi connectivity index (χ3n) is 2.87. The molecule has 16 heavy (non-hydrogen) atoms. The summed E-state index contributed by atoms with van der Waals surface area (Å²) in [6.45, 7) is 9.82. The number of rotatable bonds is 4. The van der Waals surface area contributed by atoms with Crippen molar-refractivity contribution in [3.63, 3.8) is 0 Å². The molecule has 0 spiro atoms. The topological polar surface area (TPSA) is 34.0 Å². The van der Waals surface area contributed by atoms with E-state index in [1.165, 1.54) is 4.90 Å². The Morgan fingerprint density at radius 2 is 2.00 bits per heavy atom. The molecule has 4 nitrogen and oxygen atoms in total. The third-order valence-corrected chi connectivity index (χ3v) is 3.31. The zero-order valence-corrected chi connectivity index (χ0v) is 12.5. The Balaban J connectivity index is 2.14. The zero-order valence-electron chi connectivity index (χ0n) is 10.4. The average Bonchev–Trinajstić information content (AvgIpc) is 2.19. The summed E-state index contributed by atoms with van der Waals surface area (Å²) < 4.78 is 4.85. The molecule has 1 fully saturated rings. The van der Waals surface area contributed by atoms with Crippen LogP contribution in [-0.4, -0.2) is 60.7 Å². The number of nitrogens with one attached hydrogen (secondary N) is 1. The van der Waals surface area contributed by atoms with Crippen LogP contribution in [0.15, 0.2) is 0 Å². The molecule has 0 amide bonds. The molecule has 1 saturated heterocycles. The van der Waals surface area contributed by atoms with Crippen LogP contribution in [0.3, 0.4) is 0 Å². The van der Waals surface area contributed by atoms with E-state index in [1.54, 1.807) is 0 Å². The van der Waals surface area contributed by atoms with Gasteiger partial charge in [-0.1, -0.05) is 22.6 Å². The molecule has 0 aromatic rings. The lowest BCUT2D eigenvalue weighted by Gasteiger charge is -2.29. The van der Waals surface area contributed by atoms with Crippen LogP contribution in [0.1, 0.15) is 13.8 Å². The predicted octanol–water partition coefficient (Wildman–Crippen LogP) is -0.426. The molecule has 1 aliphatic heterocycles. The van der Waals surface area contributed by atoms with Crippen molar-refractivity contribution in [1.29, 1.82) is 0 Å². The van der Waals surface area contributed by atoms with Crippen LogP contribution in [0.5, 0.6) is 0 Å². The van der Waals surface area contributed by atoms with E-state index >= 15 is 0 Å². The normalized spacial score (nSPS) is 19.8. The van der Waals surface area contributed by atoms with Gasteiger partial charge in [-0.25, -0.2) is 0 Å². The highest BCUT2D eigenvalue weighted by atomic mass is 127. The molecule has 94 valence electrons. The fraction of sp³-hybridized carbons (Fsp3) is 0.909. The second-order valence-electron chi connectivity index (χ2n) is 4.91. The average molecular weight is 341 g/mol. The minimum atomic E-state index is -0.408. The van der Waals surface area contributed by atoms with Gasteiger partial charge in [0.1, 0.15) is 16.6 Å². The summed E-state index contributed by atoms with van der Waals surface area (Å²) in [7, 11) is 2.15. The molecule has 0 bridgehead atoms. The molecular formula is C11H22IN2O2+. The number of hydrogen-bond acceptors (Lipinski definition) is 3. The van der Waals surface area contributed by atoms with Gasteiger partial charge in [0.2, 0.25) is 0 Å². The molecular weight excluding hydrogens is 319 g/mol. The van der Waals surface area contributed by atoms with Gasteiger partial charge in [0.05, 0.1) is 13.1 Å². The number of ether oxygens (including phenoxy) is 1. The molecule has 0 atom stereocenters. The van der Waals surface area contributed by atoms with E-state index in [9.17, 15) is 4.79 Å². The van der Waals surface area contributed by atoms with E-state index in [-0.39, 0.29) is 5.97 Å². The van der Waals surface area contributed by atoms with Crippen LogP contribution in [-0.2, 0) is 9.53 Å². The van der Waals surface area contributed by atoms with Crippen molar-refractivity contribution in [2.24, 2.45) is 0 Å². The summed E-state index contributed by atoms with van der Waals surface area (Å²) in [5, 5.41) is 0. The van der Waals surface area contributed by atoms with Crippen molar-refractivity contribution >= 4 is 28.6 Å². The Bertz CT molecular complexity index is 233. The van der Waals surface area contributed by atoms with Crippen LogP contribution < -0.4 is 4.90 Å². The van der Waals surface area contributed by atoms with Crippen LogP contribution in [0.25, 0.3) is 0 Å². The number of esters is 1. The summed E-state index contributed by atoms with van der Waals surface area (Å²) in [5.41, 5.74) is 0. The maximum Gasteiger partial charge on any atom is 0.321 e. The largest absolute Gasteiger partial charge is 0.459 e. The summed E-state index contributed by atoms with van der Waals surface area (Å²) >= 11 is 2.11. The van der Waals surface area contributed by atoms with Gasteiger partial charge >= 0.3 is 5.97 Å². The van der Waals surface area contributed by atoms with Gasteiger partial charge in [0.15, 0.2) is 0 Å². The van der Waals surface area contributed by atoms with Gasteiger partial charge in [-0.05, 0) is 20.9 Å². The standard InChI is InChI=1S/C11H21IN2O2/c1-11(2,12)10(15)16-9-8-14-6-4-13(3)5-7-14/h4-9H2,1-3H3/p+1. The van der Waals surface area contributed by atoms with E-state index in [4.69, 9.17) is 4.74 Å². The van der Waals surface area contributed by atoms with E-state index in [1.807, 2.05) is 13.8 Å². The lowest BCUT2D eigenvalue weighted by molar-refractivity contribution is -0.904. The number of quaternary nitrogens is 1. The van der Waals surface area contributed by atoms with E-state index in [2.05, 4.69) is 34.5 Å². The number of hydrogen-bond donors (Lipinski definition) is 1. The predicted molar refractivity (Wildman–Crippen MR) is 72.1 cm³/mol. The lowest BCUT2D eigenvalue weighted by atomic mass is 10.2. The summed E-state index contributed by atoms with van der Waals surface area (Å²) in [6, 6.07) is 0. The van der Waals surface area contributed by atoms with Gasteiger partial charge in [-0.15, -0.1) is 0 Å². The Labute approximate surface area is 111 Å². The number of piperazine rings is 1. The third kappa shape index (κ3) is 4.97. The van der Waals surface area contributed by atoms with Crippen molar-refractivity contribution in [2.45, 2.75) is 17.3 Å². The maximum absolute atomic E-state index is 11.5. The first-order chi connectivity index (χ1) is 7.39. The highest BCUT2D eigenvalue weighted by Gasteiger charge is 2.26. The van der Waals surface area contributed by atoms with Crippen molar-refractivity contribution in [3.05, 3.63) is 0 Å². The van der Waals surface area contributed by atoms with Gasteiger partial charge in [-0.3, -0.25) is 9.69 Å². The molecule has 1 heterocycles. The molecule has 5 heteroatoms. The second-order valence-corrected chi connectivity index (χ2v) is 7.61. The Morgan fingerprint density at radius 1 is 1.44 bits per heavy atom. The Morgan fingerprint density at radius 3 is 2.50 bits per heavy atom. The fourth-order valence-corrected chi connectivity index (χ4v) is 1.80. The number of likely N-dealkylation sites (N-methyl/N-ethyl adjacent to an activating group) is 1. The smallest absolute Gasteiger partial charge is 0.321 e. The van der Waals surface area contributed by atoms with E-state index < -0.39 is 3.42 Å². The first-order valence-corrected chi connectivity index (χ1v) is 6.85. The second kappa shape index (κ2) is 6.16. The van der Waals surface area contributed by atoms with Crippen molar-refractivity contribution in [3.8, 4) is 0 Å². The van der Waals surface area contributed by atoms with Crippen LogP contribution in [0.2, 0.25) is 0 Å². The fourth-order valence-electron chi connectivity index (χ4n) is 1.64. The minimum absolute atomic E-state index is 0.110. The maximum atomic E-state index is 11.5. The summed E-state index contributed by atoms with van der Waals surface area (Å²) in [6.07, 6.45) is 0. The number of carbonyl (C=O) groups excluding carboxylic acids is 1. The Hall–Kier alpha value is 0.120. The molecule has 1 aliphatic rings. The number of halogens is 1. The molecule has 0 unspecified atom stereocenters. The molecule has 0 radical (unpaired) electrons. The number of nitrogens with zero attached hydrogens (tertiary/aromatic N) is 1. The van der Waals surface area contributed by atoms with E-state index in [0.29, 0.717) is 6.61 Å². The van der Waals surface area contributed by atoms with Gasteiger partial charge in [0.25, 0.3) is 0 Å². The molecule has 0 aromatic carbocycles. The Kier molecular flexibility index (Phi) is 5.46. The van der Waals surface area contributed by atoms with Crippen LogP contribution in [0, 0.1) is 0 Å². The van der Waals surface area contributed by atoms with Gasteiger partial charge in [-0.2, -0.15) is 0 Å². The monoisotopic (exact) mass is 341 g/mol. The van der Waals surface area contributed by atoms with Gasteiger partial charge in [0, 0.05) is 13.1 Å². The zero-order chi connectivity index (χ0) is 12.2. The molecule has 0 aromatic heterocycles. The SMILES string of the molecule is CN1CC[NH+](CCOC(=O)C(C)(C)I)CC1. The van der Waals surface area contributed by atoms with Crippen LogP contribution in [0.4, 0.5) is 0 Å². The van der Waals surface area contributed by atoms with Crippen molar-refractivity contribution < 1.29 is 14.4 Å². The van der Waals surface area contributed by atoms with E-state index in [0.717, 1.165) is 32.7 Å². The lowest BCUT2D eigenvalue weighted by Crippen LogP contribution is -3.15. The highest BCUT2D eigenvalue weighted by molar-refractivity contribution is 14.1. The quantitative estimate of drug-likeness (QED) is 0.428. The summed E-state index contributed by atoms with van der Waals surface area (Å²) in [4.78, 5) is 15.4. The number of carbonyl (C=O) groups is 1. The van der Waals surface area contributed by atoms with Gasteiger partial charge < -0.3 is 9.64 Å². The van der Waals surface area contributed by atoms with Crippen molar-refractivity contribution in [2.75, 3.05) is 46.4 Å². The molecule has 1 N–H and O–H groups in total. The first-order valence-electron chi connectivity index (χ1n) is 5.78. The summed E-state index contributed by atoms with van der Waals surface area (Å²) in [5.74, 6) is -0.110. The molecule has 0 aliphatic carbocycles. The first kappa shape index (κ1) is 14.2. The minimum Gasteiger partial charge on any atom is -0.459 e. The van der Waals surface area contributed by atoms with Crippen molar-refractivity contribution in [1.82, 2.24) is 4.90 Å². The number of alkyl halides is 1. The molecule has 0 saturated carbocycles.